The van der Waals surface area contributed by atoms with Crippen LogP contribution in [0.4, 0.5) is 4.39 Å². The molecule has 0 amide bonds. The second kappa shape index (κ2) is 3.90. The van der Waals surface area contributed by atoms with Crippen LogP contribution in [-0.2, 0) is 6.42 Å². The Bertz CT molecular complexity index is 430. The maximum absolute atomic E-state index is 14.0. The standard InChI is InChI=1S/C12H15ClFNO/c1-7-5-8(6-12(15)3-4-12)10(14)11(16-2)9(7)13/h5H,3-4,6,15H2,1-2H3. The van der Waals surface area contributed by atoms with Gasteiger partial charge in [-0.15, -0.1) is 0 Å². The summed E-state index contributed by atoms with van der Waals surface area (Å²) in [6.07, 6.45) is 2.46. The Kier molecular flexibility index (Phi) is 2.84. The third-order valence-electron chi connectivity index (χ3n) is 3.06. The van der Waals surface area contributed by atoms with Crippen LogP contribution in [0.2, 0.25) is 5.02 Å². The predicted octanol–water partition coefficient (Wildman–Crippen LogP) is 2.83. The average Bonchev–Trinajstić information content (AvgIpc) is 2.94. The van der Waals surface area contributed by atoms with Crippen LogP contribution < -0.4 is 10.5 Å². The minimum Gasteiger partial charge on any atom is -0.492 e. The van der Waals surface area contributed by atoms with Crippen molar-refractivity contribution < 1.29 is 9.13 Å². The van der Waals surface area contributed by atoms with Crippen LogP contribution in [0.3, 0.4) is 0 Å². The number of halogens is 2. The van der Waals surface area contributed by atoms with Crippen molar-refractivity contribution in [3.05, 3.63) is 28.0 Å². The summed E-state index contributed by atoms with van der Waals surface area (Å²) < 4.78 is 19.0. The summed E-state index contributed by atoms with van der Waals surface area (Å²) in [7, 11) is 1.42. The number of benzene rings is 1. The van der Waals surface area contributed by atoms with Crippen molar-refractivity contribution in [2.24, 2.45) is 5.73 Å². The Hall–Kier alpha value is -0.800. The van der Waals surface area contributed by atoms with Crippen LogP contribution in [0.15, 0.2) is 6.07 Å². The Labute approximate surface area is 99.5 Å². The first-order chi connectivity index (χ1) is 7.47. The summed E-state index contributed by atoms with van der Waals surface area (Å²) >= 11 is 5.96. The number of nitrogens with two attached hydrogens (primary N) is 1. The van der Waals surface area contributed by atoms with Crippen molar-refractivity contribution in [2.75, 3.05) is 7.11 Å². The molecule has 0 unspecified atom stereocenters. The molecule has 2 rings (SSSR count). The van der Waals surface area contributed by atoms with Crippen molar-refractivity contribution >= 4 is 11.6 Å². The summed E-state index contributed by atoms with van der Waals surface area (Å²) in [4.78, 5) is 0. The Morgan fingerprint density at radius 1 is 1.56 bits per heavy atom. The van der Waals surface area contributed by atoms with Crippen LogP contribution in [0.1, 0.15) is 24.0 Å². The maximum Gasteiger partial charge on any atom is 0.173 e. The molecular weight excluding hydrogens is 229 g/mol. The van der Waals surface area contributed by atoms with Gasteiger partial charge in [0.25, 0.3) is 0 Å². The molecule has 2 N–H and O–H groups in total. The molecule has 88 valence electrons. The highest BCUT2D eigenvalue weighted by molar-refractivity contribution is 6.32. The number of hydrogen-bond acceptors (Lipinski definition) is 2. The zero-order chi connectivity index (χ0) is 11.9. The largest absolute Gasteiger partial charge is 0.492 e. The molecule has 0 aromatic heterocycles. The number of rotatable bonds is 3. The molecule has 2 nitrogen and oxygen atoms in total. The van der Waals surface area contributed by atoms with Gasteiger partial charge in [0.2, 0.25) is 0 Å². The maximum atomic E-state index is 14.0. The van der Waals surface area contributed by atoms with Crippen LogP contribution in [0.5, 0.6) is 5.75 Å². The fraction of sp³-hybridized carbons (Fsp3) is 0.500. The summed E-state index contributed by atoms with van der Waals surface area (Å²) in [5.41, 5.74) is 7.19. The minimum absolute atomic E-state index is 0.126. The molecule has 0 radical (unpaired) electrons. The molecule has 16 heavy (non-hydrogen) atoms. The first kappa shape index (κ1) is 11.7. The topological polar surface area (TPSA) is 35.2 Å². The minimum atomic E-state index is -0.380. The first-order valence-electron chi connectivity index (χ1n) is 5.27. The molecule has 0 bridgehead atoms. The molecule has 1 aliphatic carbocycles. The van der Waals surface area contributed by atoms with Gasteiger partial charge in [-0.2, -0.15) is 0 Å². The van der Waals surface area contributed by atoms with E-state index in [0.717, 1.165) is 18.4 Å². The van der Waals surface area contributed by atoms with E-state index in [1.54, 1.807) is 6.07 Å². The lowest BCUT2D eigenvalue weighted by atomic mass is 10.0. The normalized spacial score (nSPS) is 17.3. The van der Waals surface area contributed by atoms with E-state index in [0.29, 0.717) is 17.0 Å². The van der Waals surface area contributed by atoms with E-state index in [-0.39, 0.29) is 17.1 Å². The van der Waals surface area contributed by atoms with Crippen LogP contribution in [0.25, 0.3) is 0 Å². The van der Waals surface area contributed by atoms with Gasteiger partial charge in [0.1, 0.15) is 0 Å². The van der Waals surface area contributed by atoms with Gasteiger partial charge in [-0.1, -0.05) is 17.7 Å². The van der Waals surface area contributed by atoms with Gasteiger partial charge in [0.15, 0.2) is 11.6 Å². The lowest BCUT2D eigenvalue weighted by Crippen LogP contribution is -2.25. The fourth-order valence-corrected chi connectivity index (χ4v) is 2.05. The monoisotopic (exact) mass is 243 g/mol. The molecule has 0 saturated heterocycles. The number of methoxy groups -OCH3 is 1. The van der Waals surface area contributed by atoms with E-state index in [2.05, 4.69) is 0 Å². The predicted molar refractivity (Wildman–Crippen MR) is 62.6 cm³/mol. The lowest BCUT2D eigenvalue weighted by Gasteiger charge is -2.14. The van der Waals surface area contributed by atoms with Crippen molar-refractivity contribution in [3.8, 4) is 5.75 Å². The van der Waals surface area contributed by atoms with E-state index < -0.39 is 0 Å². The second-order valence-corrected chi connectivity index (χ2v) is 4.93. The van der Waals surface area contributed by atoms with Gasteiger partial charge < -0.3 is 10.5 Å². The van der Waals surface area contributed by atoms with E-state index >= 15 is 0 Å². The van der Waals surface area contributed by atoms with Crippen LogP contribution in [-0.4, -0.2) is 12.6 Å². The van der Waals surface area contributed by atoms with Crippen LogP contribution in [0, 0.1) is 12.7 Å². The van der Waals surface area contributed by atoms with Crippen molar-refractivity contribution in [2.45, 2.75) is 31.7 Å². The molecule has 1 aromatic carbocycles. The third-order valence-corrected chi connectivity index (χ3v) is 3.53. The highest BCUT2D eigenvalue weighted by Gasteiger charge is 2.39. The van der Waals surface area contributed by atoms with Crippen molar-refractivity contribution in [1.29, 1.82) is 0 Å². The second-order valence-electron chi connectivity index (χ2n) is 4.55. The SMILES string of the molecule is COc1c(F)c(CC2(N)CC2)cc(C)c1Cl. The van der Waals surface area contributed by atoms with Crippen molar-refractivity contribution in [1.82, 2.24) is 0 Å². The zero-order valence-electron chi connectivity index (χ0n) is 9.44. The molecule has 0 aliphatic heterocycles. The van der Waals surface area contributed by atoms with Gasteiger partial charge in [-0.05, 0) is 37.3 Å². The Morgan fingerprint density at radius 2 is 2.19 bits per heavy atom. The Balaban J connectivity index is 2.41. The highest BCUT2D eigenvalue weighted by Crippen LogP contribution is 2.39. The van der Waals surface area contributed by atoms with E-state index in [1.165, 1.54) is 7.11 Å². The molecule has 4 heteroatoms. The Morgan fingerprint density at radius 3 is 2.69 bits per heavy atom. The van der Waals surface area contributed by atoms with Gasteiger partial charge >= 0.3 is 0 Å². The first-order valence-corrected chi connectivity index (χ1v) is 5.65. The lowest BCUT2D eigenvalue weighted by molar-refractivity contribution is 0.383. The average molecular weight is 244 g/mol. The smallest absolute Gasteiger partial charge is 0.173 e. The summed E-state index contributed by atoms with van der Waals surface area (Å²) in [6.45, 7) is 1.84. The zero-order valence-corrected chi connectivity index (χ0v) is 10.2. The molecule has 1 aliphatic rings. The summed E-state index contributed by atoms with van der Waals surface area (Å²) in [6, 6.07) is 1.76. The van der Waals surface area contributed by atoms with Gasteiger partial charge in [0, 0.05) is 5.54 Å². The van der Waals surface area contributed by atoms with E-state index in [1.807, 2.05) is 6.92 Å². The van der Waals surface area contributed by atoms with Crippen molar-refractivity contribution in [3.63, 3.8) is 0 Å². The molecule has 0 atom stereocenters. The molecular formula is C12H15ClFNO. The van der Waals surface area contributed by atoms with E-state index in [9.17, 15) is 4.39 Å². The molecule has 1 fully saturated rings. The van der Waals surface area contributed by atoms with Gasteiger partial charge in [0.05, 0.1) is 12.1 Å². The highest BCUT2D eigenvalue weighted by atomic mass is 35.5. The molecule has 1 saturated carbocycles. The third kappa shape index (κ3) is 2.02. The number of ether oxygens (including phenoxy) is 1. The van der Waals surface area contributed by atoms with E-state index in [4.69, 9.17) is 22.1 Å². The number of aryl methyl sites for hydroxylation is 1. The van der Waals surface area contributed by atoms with Gasteiger partial charge in [-0.3, -0.25) is 0 Å². The summed E-state index contributed by atoms with van der Waals surface area (Å²) in [5, 5.41) is 0.339. The molecule has 0 spiro atoms. The fourth-order valence-electron chi connectivity index (χ4n) is 1.83. The van der Waals surface area contributed by atoms with Crippen LogP contribution >= 0.6 is 11.6 Å². The molecule has 0 heterocycles. The summed E-state index contributed by atoms with van der Waals surface area (Å²) in [5.74, 6) is -0.254. The number of hydrogen-bond donors (Lipinski definition) is 1. The van der Waals surface area contributed by atoms with Gasteiger partial charge in [-0.25, -0.2) is 4.39 Å². The quantitative estimate of drug-likeness (QED) is 0.886. The molecule has 1 aromatic rings.